The van der Waals surface area contributed by atoms with Gasteiger partial charge in [-0.2, -0.15) is 0 Å². The van der Waals surface area contributed by atoms with Crippen molar-refractivity contribution in [1.29, 1.82) is 0 Å². The van der Waals surface area contributed by atoms with Gasteiger partial charge in [-0.25, -0.2) is 0 Å². The average Bonchev–Trinajstić information content (AvgIpc) is 3.60. The molecule has 1 unspecified atom stereocenters. The maximum atomic E-state index is 3.89. The fourth-order valence-electron chi connectivity index (χ4n) is 6.72. The Kier molecular flexibility index (Phi) is 5.16. The van der Waals surface area contributed by atoms with E-state index in [0.717, 1.165) is 5.69 Å². The molecular formula is C39H26N2S. The number of hydrogen-bond acceptors (Lipinski definition) is 2. The molecule has 0 amide bonds. The van der Waals surface area contributed by atoms with Gasteiger partial charge in [-0.3, -0.25) is 0 Å². The summed E-state index contributed by atoms with van der Waals surface area (Å²) in [6, 6.07) is 50.5. The summed E-state index contributed by atoms with van der Waals surface area (Å²) in [4.78, 5) is 0. The Morgan fingerprint density at radius 1 is 0.524 bits per heavy atom. The number of benzene rings is 6. The van der Waals surface area contributed by atoms with Crippen molar-refractivity contribution < 1.29 is 0 Å². The zero-order valence-electron chi connectivity index (χ0n) is 22.8. The van der Waals surface area contributed by atoms with Crippen LogP contribution in [0.2, 0.25) is 0 Å². The molecular weight excluding hydrogens is 529 g/mol. The zero-order valence-corrected chi connectivity index (χ0v) is 23.6. The van der Waals surface area contributed by atoms with Gasteiger partial charge in [0.25, 0.3) is 0 Å². The van der Waals surface area contributed by atoms with Crippen molar-refractivity contribution >= 4 is 64.6 Å². The van der Waals surface area contributed by atoms with E-state index in [1.165, 1.54) is 69.8 Å². The Balaban J connectivity index is 1.26. The molecule has 0 saturated heterocycles. The van der Waals surface area contributed by atoms with Gasteiger partial charge in [0.05, 0.1) is 11.0 Å². The molecule has 0 aliphatic carbocycles. The van der Waals surface area contributed by atoms with Gasteiger partial charge >= 0.3 is 0 Å². The van der Waals surface area contributed by atoms with Gasteiger partial charge in [0.15, 0.2) is 0 Å². The lowest BCUT2D eigenvalue weighted by Gasteiger charge is -2.29. The van der Waals surface area contributed by atoms with E-state index in [1.54, 1.807) is 0 Å². The molecule has 1 aliphatic rings. The number of anilines is 1. The van der Waals surface area contributed by atoms with Crippen molar-refractivity contribution in [2.75, 3.05) is 5.32 Å². The highest BCUT2D eigenvalue weighted by atomic mass is 32.1. The van der Waals surface area contributed by atoms with E-state index < -0.39 is 0 Å². The molecule has 0 spiro atoms. The van der Waals surface area contributed by atoms with E-state index >= 15 is 0 Å². The number of fused-ring (bicyclic) bond motifs is 8. The first-order chi connectivity index (χ1) is 20.8. The summed E-state index contributed by atoms with van der Waals surface area (Å²) in [5, 5.41) is 9.19. The van der Waals surface area contributed by atoms with Crippen LogP contribution in [0.15, 0.2) is 146 Å². The molecule has 1 atom stereocenters. The number of aromatic nitrogens is 1. The molecule has 1 aliphatic heterocycles. The number of nitrogens with zero attached hydrogens (tertiary/aromatic N) is 1. The highest BCUT2D eigenvalue weighted by Crippen LogP contribution is 2.45. The maximum Gasteiger partial charge on any atom is 0.124 e. The first-order valence-corrected chi connectivity index (χ1v) is 15.2. The predicted octanol–water partition coefficient (Wildman–Crippen LogP) is 10.9. The molecule has 8 aromatic rings. The van der Waals surface area contributed by atoms with Crippen LogP contribution in [-0.4, -0.2) is 4.57 Å². The molecule has 0 radical (unpaired) electrons. The Morgan fingerprint density at radius 2 is 1.21 bits per heavy atom. The van der Waals surface area contributed by atoms with Crippen LogP contribution in [0.1, 0.15) is 17.3 Å². The van der Waals surface area contributed by atoms with Crippen LogP contribution < -0.4 is 5.32 Å². The van der Waals surface area contributed by atoms with E-state index in [4.69, 9.17) is 0 Å². The van der Waals surface area contributed by atoms with Gasteiger partial charge in [-0.15, -0.1) is 11.3 Å². The van der Waals surface area contributed by atoms with Crippen LogP contribution in [0, 0.1) is 0 Å². The number of rotatable bonds is 3. The summed E-state index contributed by atoms with van der Waals surface area (Å²) in [5.74, 6) is 0. The third-order valence-electron chi connectivity index (χ3n) is 8.64. The minimum absolute atomic E-state index is 0.0436. The highest BCUT2D eigenvalue weighted by Gasteiger charge is 2.25. The predicted molar refractivity (Wildman–Crippen MR) is 180 cm³/mol. The molecule has 198 valence electrons. The van der Waals surface area contributed by atoms with Crippen molar-refractivity contribution in [1.82, 2.24) is 4.57 Å². The Morgan fingerprint density at radius 3 is 2.10 bits per heavy atom. The first kappa shape index (κ1) is 23.6. The molecule has 3 heterocycles. The van der Waals surface area contributed by atoms with Crippen LogP contribution in [0.25, 0.3) is 58.7 Å². The summed E-state index contributed by atoms with van der Waals surface area (Å²) in [7, 11) is 0. The topological polar surface area (TPSA) is 17.0 Å². The van der Waals surface area contributed by atoms with Crippen LogP contribution in [0.3, 0.4) is 0 Å². The molecule has 9 rings (SSSR count). The third-order valence-corrected chi connectivity index (χ3v) is 9.85. The molecule has 0 saturated carbocycles. The summed E-state index contributed by atoms with van der Waals surface area (Å²) < 4.78 is 5.19. The van der Waals surface area contributed by atoms with Gasteiger partial charge in [0.1, 0.15) is 6.17 Å². The Bertz CT molecular complexity index is 2320. The minimum atomic E-state index is -0.0436. The molecule has 1 N–H and O–H groups in total. The fourth-order valence-corrected chi connectivity index (χ4v) is 7.98. The van der Waals surface area contributed by atoms with E-state index in [2.05, 4.69) is 155 Å². The zero-order chi connectivity index (χ0) is 27.6. The van der Waals surface area contributed by atoms with Crippen molar-refractivity contribution in [3.8, 4) is 11.1 Å². The first-order valence-electron chi connectivity index (χ1n) is 14.4. The van der Waals surface area contributed by atoms with E-state index in [1.807, 2.05) is 11.3 Å². The monoisotopic (exact) mass is 554 g/mol. The van der Waals surface area contributed by atoms with Crippen LogP contribution in [-0.2, 0) is 0 Å². The molecule has 6 aromatic carbocycles. The van der Waals surface area contributed by atoms with E-state index in [-0.39, 0.29) is 6.17 Å². The average molecular weight is 555 g/mol. The normalized spacial score (nSPS) is 14.8. The number of thiophene rings is 1. The minimum Gasteiger partial charge on any atom is -0.361 e. The summed E-state index contributed by atoms with van der Waals surface area (Å²) in [6.07, 6.45) is 2.36. The van der Waals surface area contributed by atoms with Crippen molar-refractivity contribution in [2.24, 2.45) is 0 Å². The highest BCUT2D eigenvalue weighted by molar-refractivity contribution is 7.26. The van der Waals surface area contributed by atoms with Crippen LogP contribution in [0.4, 0.5) is 5.69 Å². The van der Waals surface area contributed by atoms with Crippen molar-refractivity contribution in [3.05, 3.63) is 157 Å². The quantitative estimate of drug-likeness (QED) is 0.230. The third kappa shape index (κ3) is 3.50. The van der Waals surface area contributed by atoms with Gasteiger partial charge in [-0.1, -0.05) is 115 Å². The Labute approximate surface area is 247 Å². The molecule has 42 heavy (non-hydrogen) atoms. The van der Waals surface area contributed by atoms with Crippen LogP contribution >= 0.6 is 11.3 Å². The molecule has 2 aromatic heterocycles. The lowest BCUT2D eigenvalue weighted by Crippen LogP contribution is -2.20. The summed E-state index contributed by atoms with van der Waals surface area (Å²) in [5.41, 5.74) is 9.82. The van der Waals surface area contributed by atoms with Crippen molar-refractivity contribution in [2.45, 2.75) is 6.17 Å². The lowest BCUT2D eigenvalue weighted by atomic mass is 9.91. The molecule has 0 bridgehead atoms. The van der Waals surface area contributed by atoms with Gasteiger partial charge < -0.3 is 9.88 Å². The van der Waals surface area contributed by atoms with Gasteiger partial charge in [-0.05, 0) is 52.6 Å². The number of para-hydroxylation sites is 2. The largest absolute Gasteiger partial charge is 0.361 e. The molecule has 3 heteroatoms. The van der Waals surface area contributed by atoms with E-state index in [0.29, 0.717) is 0 Å². The maximum absolute atomic E-state index is 3.89. The van der Waals surface area contributed by atoms with E-state index in [9.17, 15) is 0 Å². The second-order valence-electron chi connectivity index (χ2n) is 11.0. The fraction of sp³-hybridized carbons (Fsp3) is 0.0256. The molecule has 2 nitrogen and oxygen atoms in total. The molecule has 0 fully saturated rings. The summed E-state index contributed by atoms with van der Waals surface area (Å²) in [6.45, 7) is 0. The number of hydrogen-bond donors (Lipinski definition) is 1. The smallest absolute Gasteiger partial charge is 0.124 e. The summed E-state index contributed by atoms with van der Waals surface area (Å²) >= 11 is 1.90. The SMILES string of the molecule is C1=C(c2ccc(-c3ccccc3)cc2)c2ccccc2NC1n1c2ccccc2c2c3sc4ccccc4c3ccc21. The van der Waals surface area contributed by atoms with Crippen molar-refractivity contribution in [3.63, 3.8) is 0 Å². The van der Waals surface area contributed by atoms with Gasteiger partial charge in [0.2, 0.25) is 0 Å². The standard InChI is InChI=1S/C39H26N2S/c1-2-10-25(11-3-1)26-18-20-27(21-19-26)32-24-37(40-33-15-7-4-12-28(32)33)41-34-16-8-5-14-31(34)38-35(41)23-22-30-29-13-6-9-17-36(29)42-39(30)38/h1-24,37,40H. The van der Waals surface area contributed by atoms with Gasteiger partial charge in [0, 0.05) is 42.2 Å². The second kappa shape index (κ2) is 9.20. The van der Waals surface area contributed by atoms with Crippen LogP contribution in [0.5, 0.6) is 0 Å². The second-order valence-corrected chi connectivity index (χ2v) is 12.0. The Hall–Kier alpha value is -5.12. The number of nitrogens with one attached hydrogen (secondary N) is 1. The lowest BCUT2D eigenvalue weighted by molar-refractivity contribution is 0.722.